The van der Waals surface area contributed by atoms with Crippen LogP contribution in [0.5, 0.6) is 0 Å². The first-order valence-electron chi connectivity index (χ1n) is 7.26. The van der Waals surface area contributed by atoms with Gasteiger partial charge in [0.15, 0.2) is 11.5 Å². The summed E-state index contributed by atoms with van der Waals surface area (Å²) in [6.45, 7) is 6.29. The van der Waals surface area contributed by atoms with E-state index in [4.69, 9.17) is 13.9 Å². The van der Waals surface area contributed by atoms with Crippen LogP contribution in [0.25, 0.3) is 11.6 Å². The van der Waals surface area contributed by atoms with Crippen molar-refractivity contribution in [2.75, 3.05) is 14.2 Å². The normalized spacial score (nSPS) is 17.8. The van der Waals surface area contributed by atoms with Gasteiger partial charge < -0.3 is 13.9 Å². The summed E-state index contributed by atoms with van der Waals surface area (Å²) in [5, 5.41) is 0. The van der Waals surface area contributed by atoms with E-state index < -0.39 is 0 Å². The molecule has 0 radical (unpaired) electrons. The summed E-state index contributed by atoms with van der Waals surface area (Å²) >= 11 is 0. The molecule has 0 spiro atoms. The van der Waals surface area contributed by atoms with Gasteiger partial charge in [0.25, 0.3) is 0 Å². The summed E-state index contributed by atoms with van der Waals surface area (Å²) in [5.41, 5.74) is 7.93. The number of hydrogen-bond donors (Lipinski definition) is 0. The van der Waals surface area contributed by atoms with Gasteiger partial charge in [-0.3, -0.25) is 0 Å². The fourth-order valence-corrected chi connectivity index (χ4v) is 3.20. The van der Waals surface area contributed by atoms with Crippen molar-refractivity contribution in [3.63, 3.8) is 0 Å². The van der Waals surface area contributed by atoms with Crippen LogP contribution < -0.4 is 0 Å². The predicted octanol–water partition coefficient (Wildman–Crippen LogP) is 4.86. The Hall–Kier alpha value is -2.42. The third kappa shape index (κ3) is 2.05. The first kappa shape index (κ1) is 14.5. The molecule has 2 aliphatic carbocycles. The van der Waals surface area contributed by atoms with Crippen molar-refractivity contribution >= 4 is 11.6 Å². The molecule has 0 aliphatic heterocycles. The minimum atomic E-state index is 0.743. The molecule has 0 saturated heterocycles. The molecular formula is C19H20O3. The first-order valence-corrected chi connectivity index (χ1v) is 7.26. The molecule has 0 fully saturated rings. The Morgan fingerprint density at radius 1 is 0.864 bits per heavy atom. The molecule has 1 heterocycles. The summed E-state index contributed by atoms with van der Waals surface area (Å²) in [6, 6.07) is 0. The lowest BCUT2D eigenvalue weighted by Gasteiger charge is -2.16. The van der Waals surface area contributed by atoms with Crippen LogP contribution in [-0.2, 0) is 9.47 Å². The largest absolute Gasteiger partial charge is 0.493 e. The van der Waals surface area contributed by atoms with E-state index in [2.05, 4.69) is 32.9 Å². The van der Waals surface area contributed by atoms with Crippen LogP contribution in [0, 0.1) is 0 Å². The highest BCUT2D eigenvalue weighted by atomic mass is 16.5. The van der Waals surface area contributed by atoms with Crippen molar-refractivity contribution in [3.05, 3.63) is 69.6 Å². The van der Waals surface area contributed by atoms with Gasteiger partial charge in [0, 0.05) is 16.7 Å². The lowest BCUT2D eigenvalue weighted by atomic mass is 9.88. The Balaban J connectivity index is 2.40. The molecule has 2 aliphatic rings. The Bertz CT molecular complexity index is 779. The van der Waals surface area contributed by atoms with E-state index in [0.29, 0.717) is 0 Å². The van der Waals surface area contributed by atoms with E-state index in [1.54, 1.807) is 20.5 Å². The molecular weight excluding hydrogens is 276 g/mol. The molecule has 0 atom stereocenters. The molecule has 0 unspecified atom stereocenters. The van der Waals surface area contributed by atoms with Crippen molar-refractivity contribution in [3.8, 4) is 0 Å². The van der Waals surface area contributed by atoms with Gasteiger partial charge in [-0.1, -0.05) is 12.2 Å². The lowest BCUT2D eigenvalue weighted by molar-refractivity contribution is 0.218. The number of fused-ring (bicyclic) bond motifs is 3. The molecule has 22 heavy (non-hydrogen) atoms. The van der Waals surface area contributed by atoms with Gasteiger partial charge in [-0.05, 0) is 49.1 Å². The zero-order valence-electron chi connectivity index (χ0n) is 13.6. The molecule has 0 aromatic carbocycles. The standard InChI is InChI=1S/C19H20O3/c1-11-6-7-14-9-22-10-15(14)18-12(2)8-16(20-4)19(21-5)13(3)17(11)18/h6-10H,1-5H3. The zero-order valence-corrected chi connectivity index (χ0v) is 13.6. The Labute approximate surface area is 130 Å². The maximum atomic E-state index is 5.62. The second-order valence-corrected chi connectivity index (χ2v) is 5.56. The van der Waals surface area contributed by atoms with Gasteiger partial charge in [0.2, 0.25) is 0 Å². The molecule has 1 aromatic rings. The fraction of sp³-hybridized carbons (Fsp3) is 0.263. The van der Waals surface area contributed by atoms with Crippen LogP contribution in [0.4, 0.5) is 0 Å². The molecule has 0 saturated carbocycles. The van der Waals surface area contributed by atoms with Gasteiger partial charge in [-0.25, -0.2) is 0 Å². The maximum Gasteiger partial charge on any atom is 0.164 e. The highest BCUT2D eigenvalue weighted by Crippen LogP contribution is 2.43. The smallest absolute Gasteiger partial charge is 0.164 e. The minimum Gasteiger partial charge on any atom is -0.493 e. The second-order valence-electron chi connectivity index (χ2n) is 5.56. The topological polar surface area (TPSA) is 31.6 Å². The van der Waals surface area contributed by atoms with Crippen LogP contribution in [0.1, 0.15) is 31.9 Å². The third-order valence-electron chi connectivity index (χ3n) is 4.22. The SMILES string of the molecule is COC1=CC(C)=C2C(=C(C)C=Cc3cocc32)C(C)=C1OC. The van der Waals surface area contributed by atoms with Crippen LogP contribution in [0.2, 0.25) is 0 Å². The number of allylic oxidation sites excluding steroid dienone is 7. The van der Waals surface area contributed by atoms with Crippen LogP contribution in [0.15, 0.2) is 62.9 Å². The Morgan fingerprint density at radius 2 is 1.64 bits per heavy atom. The number of furan rings is 1. The van der Waals surface area contributed by atoms with E-state index in [1.807, 2.05) is 12.3 Å². The van der Waals surface area contributed by atoms with Gasteiger partial charge in [0.05, 0.1) is 26.7 Å². The number of hydrogen-bond acceptors (Lipinski definition) is 3. The average molecular weight is 296 g/mol. The quantitative estimate of drug-likeness (QED) is 0.781. The monoisotopic (exact) mass is 296 g/mol. The summed E-state index contributed by atoms with van der Waals surface area (Å²) in [7, 11) is 3.35. The highest BCUT2D eigenvalue weighted by Gasteiger charge is 2.27. The minimum absolute atomic E-state index is 0.743. The molecule has 0 bridgehead atoms. The highest BCUT2D eigenvalue weighted by molar-refractivity contribution is 5.93. The lowest BCUT2D eigenvalue weighted by Crippen LogP contribution is -2.01. The zero-order chi connectivity index (χ0) is 15.9. The van der Waals surface area contributed by atoms with E-state index in [-0.39, 0.29) is 0 Å². The number of methoxy groups -OCH3 is 2. The van der Waals surface area contributed by atoms with E-state index >= 15 is 0 Å². The van der Waals surface area contributed by atoms with Gasteiger partial charge >= 0.3 is 0 Å². The van der Waals surface area contributed by atoms with Gasteiger partial charge in [-0.15, -0.1) is 0 Å². The molecule has 114 valence electrons. The summed E-state index contributed by atoms with van der Waals surface area (Å²) in [6.07, 6.45) is 9.84. The molecule has 1 aromatic heterocycles. The van der Waals surface area contributed by atoms with Crippen molar-refractivity contribution in [2.24, 2.45) is 0 Å². The van der Waals surface area contributed by atoms with Crippen molar-refractivity contribution < 1.29 is 13.9 Å². The number of rotatable bonds is 2. The Kier molecular flexibility index (Phi) is 3.57. The van der Waals surface area contributed by atoms with Gasteiger partial charge in [0.1, 0.15) is 0 Å². The van der Waals surface area contributed by atoms with Crippen LogP contribution in [0.3, 0.4) is 0 Å². The average Bonchev–Trinajstić information content (AvgIpc) is 2.87. The van der Waals surface area contributed by atoms with Crippen LogP contribution in [-0.4, -0.2) is 14.2 Å². The summed E-state index contributed by atoms with van der Waals surface area (Å²) < 4.78 is 16.6. The van der Waals surface area contributed by atoms with Gasteiger partial charge in [-0.2, -0.15) is 0 Å². The van der Waals surface area contributed by atoms with E-state index in [9.17, 15) is 0 Å². The van der Waals surface area contributed by atoms with Crippen molar-refractivity contribution in [1.82, 2.24) is 0 Å². The summed E-state index contributed by atoms with van der Waals surface area (Å²) in [5.74, 6) is 1.51. The number of ether oxygens (including phenoxy) is 2. The van der Waals surface area contributed by atoms with Crippen molar-refractivity contribution in [1.29, 1.82) is 0 Å². The molecule has 3 rings (SSSR count). The predicted molar refractivity (Wildman–Crippen MR) is 87.8 cm³/mol. The second kappa shape index (κ2) is 5.41. The maximum absolute atomic E-state index is 5.62. The van der Waals surface area contributed by atoms with E-state index in [1.165, 1.54) is 16.7 Å². The Morgan fingerprint density at radius 3 is 2.32 bits per heavy atom. The molecule has 3 nitrogen and oxygen atoms in total. The summed E-state index contributed by atoms with van der Waals surface area (Å²) in [4.78, 5) is 0. The molecule has 0 N–H and O–H groups in total. The first-order chi connectivity index (χ1) is 10.6. The van der Waals surface area contributed by atoms with E-state index in [0.717, 1.165) is 33.8 Å². The fourth-order valence-electron chi connectivity index (χ4n) is 3.20. The molecule has 0 amide bonds. The molecule has 3 heteroatoms. The third-order valence-corrected chi connectivity index (χ3v) is 4.22. The van der Waals surface area contributed by atoms with Crippen LogP contribution >= 0.6 is 0 Å². The van der Waals surface area contributed by atoms with Crippen molar-refractivity contribution in [2.45, 2.75) is 20.8 Å².